The Morgan fingerprint density at radius 1 is 0.977 bits per heavy atom. The van der Waals surface area contributed by atoms with Gasteiger partial charge >= 0.3 is 11.9 Å². The zero-order valence-electron chi connectivity index (χ0n) is 25.3. The van der Waals surface area contributed by atoms with Gasteiger partial charge in [0.15, 0.2) is 0 Å². The van der Waals surface area contributed by atoms with E-state index in [1.165, 1.54) is 0 Å². The highest BCUT2D eigenvalue weighted by molar-refractivity contribution is 7.83. The van der Waals surface area contributed by atoms with Gasteiger partial charge in [-0.2, -0.15) is 0 Å². The molecule has 3 saturated heterocycles. The molecular weight excluding hydrogens is 580 g/mol. The van der Waals surface area contributed by atoms with Gasteiger partial charge in [0.05, 0.1) is 12.0 Å². The summed E-state index contributed by atoms with van der Waals surface area (Å²) in [4.78, 5) is 55.1. The number of rotatable bonds is 10. The van der Waals surface area contributed by atoms with Crippen LogP contribution in [-0.4, -0.2) is 60.0 Å². The van der Waals surface area contributed by atoms with Crippen molar-refractivity contribution in [1.82, 2.24) is 20.6 Å². The second-order valence-electron chi connectivity index (χ2n) is 12.0. The molecule has 2 aromatic rings. The summed E-state index contributed by atoms with van der Waals surface area (Å²) in [6.07, 6.45) is 7.71. The van der Waals surface area contributed by atoms with E-state index in [-0.39, 0.29) is 43.4 Å². The number of thiol groups is 1. The molecule has 0 aromatic carbocycles. The van der Waals surface area contributed by atoms with Crippen molar-refractivity contribution in [3.63, 3.8) is 0 Å². The van der Waals surface area contributed by atoms with Crippen LogP contribution in [0.15, 0.2) is 30.5 Å². The van der Waals surface area contributed by atoms with E-state index in [4.69, 9.17) is 0 Å². The van der Waals surface area contributed by atoms with Crippen molar-refractivity contribution in [2.24, 2.45) is 11.8 Å². The fourth-order valence-electron chi connectivity index (χ4n) is 6.78. The summed E-state index contributed by atoms with van der Waals surface area (Å²) in [5.41, 5.74) is 6.41. The number of carboxylic acid groups (broad SMARTS) is 2. The van der Waals surface area contributed by atoms with Crippen molar-refractivity contribution < 1.29 is 29.4 Å². The molecule has 3 aliphatic rings. The molecule has 232 valence electrons. The minimum Gasteiger partial charge on any atom is -0.481 e. The first-order chi connectivity index (χ1) is 20.7. The third kappa shape index (κ3) is 5.45. The Kier molecular flexibility index (Phi) is 8.28. The predicted octanol–water partition coefficient (Wildman–Crippen LogP) is 1.52. The lowest BCUT2D eigenvalue weighted by Crippen LogP contribution is -2.57. The first kappa shape index (κ1) is 31.2. The smallest absolute Gasteiger partial charge is 0.303 e. The Balaban J connectivity index is 1.63. The van der Waals surface area contributed by atoms with Crippen LogP contribution in [0.3, 0.4) is 0 Å². The van der Waals surface area contributed by atoms with Crippen LogP contribution in [0, 0.1) is 25.7 Å². The lowest BCUT2D eigenvalue weighted by molar-refractivity contribution is -0.138. The van der Waals surface area contributed by atoms with Gasteiger partial charge in [0.1, 0.15) is 11.2 Å². The van der Waals surface area contributed by atoms with E-state index < -0.39 is 28.6 Å². The van der Waals surface area contributed by atoms with Crippen LogP contribution >= 0.6 is 0 Å². The molecule has 2 amide bonds. The van der Waals surface area contributed by atoms with Crippen LogP contribution in [0.1, 0.15) is 60.3 Å². The van der Waals surface area contributed by atoms with Crippen molar-refractivity contribution in [3.8, 4) is 0 Å². The molecule has 10 nitrogen and oxygen atoms in total. The fourth-order valence-corrected chi connectivity index (χ4v) is 8.69. The number of allylic oxidation sites excluding steroid dienone is 1. The standard InChI is InChI=1S/C33H38N4O6S/c1-7-19-15(2)24(36-31(19)42)12-22-16(3)20(8-10-28(38)39)25(34-22)14-26-21(9-11-29(40)41)17(4)23(35-26)13-27-30-18(5)44-33(30,6)32(43)37-27/h7,12-14,18-19,24,30,34-35H,1-2,8-11H2,3-6H3,(H,36,42)(H,37,43)(H,38,39)(H,40,41)/p+1/b22-12-,25-14-,27-13-/t18-,19?,24-,30+,33+/m1/s1. The van der Waals surface area contributed by atoms with Gasteiger partial charge in [0, 0.05) is 40.6 Å². The molecule has 0 aliphatic carbocycles. The van der Waals surface area contributed by atoms with Crippen molar-refractivity contribution in [2.45, 2.75) is 69.4 Å². The molecule has 44 heavy (non-hydrogen) atoms. The number of aromatic amines is 2. The molecule has 3 aliphatic heterocycles. The third-order valence-electron chi connectivity index (χ3n) is 9.23. The van der Waals surface area contributed by atoms with Crippen LogP contribution in [0.5, 0.6) is 0 Å². The number of hydrogen-bond acceptors (Lipinski definition) is 4. The maximum absolute atomic E-state index is 12.7. The molecule has 5 rings (SSSR count). The summed E-state index contributed by atoms with van der Waals surface area (Å²) in [5, 5.41) is 26.7. The van der Waals surface area contributed by atoms with E-state index in [9.17, 15) is 29.4 Å². The summed E-state index contributed by atoms with van der Waals surface area (Å²) in [7, 11) is 0. The normalized spacial score (nSPS) is 27.8. The maximum atomic E-state index is 12.7. The van der Waals surface area contributed by atoms with Gasteiger partial charge in [0.25, 0.3) is 5.91 Å². The Bertz CT molecular complexity index is 1760. The van der Waals surface area contributed by atoms with E-state index in [1.807, 2.05) is 39.0 Å². The molecule has 0 radical (unpaired) electrons. The molecule has 2 aromatic heterocycles. The zero-order valence-corrected chi connectivity index (χ0v) is 26.2. The van der Waals surface area contributed by atoms with Crippen molar-refractivity contribution in [2.75, 3.05) is 0 Å². The summed E-state index contributed by atoms with van der Waals surface area (Å²) in [5.74, 6) is -2.38. The molecular formula is C33H39N4O6S+. The first-order valence-corrected chi connectivity index (χ1v) is 15.6. The number of nitrogens with one attached hydrogen (secondary N) is 4. The van der Waals surface area contributed by atoms with Gasteiger partial charge in [-0.1, -0.05) is 12.7 Å². The summed E-state index contributed by atoms with van der Waals surface area (Å²) in [6.45, 7) is 15.8. The van der Waals surface area contributed by atoms with E-state index >= 15 is 0 Å². The number of hydrogen-bond donors (Lipinski definition) is 6. The highest BCUT2D eigenvalue weighted by Gasteiger charge is 2.68. The number of amides is 2. The van der Waals surface area contributed by atoms with Crippen molar-refractivity contribution in [1.29, 1.82) is 0 Å². The largest absolute Gasteiger partial charge is 0.481 e. The predicted molar refractivity (Wildman–Crippen MR) is 171 cm³/mol. The summed E-state index contributed by atoms with van der Waals surface area (Å²) < 4.78 is -0.434. The molecule has 11 heteroatoms. The average Bonchev–Trinajstić information content (AvgIpc) is 3.55. The van der Waals surface area contributed by atoms with E-state index in [0.717, 1.165) is 50.8 Å². The Morgan fingerprint density at radius 2 is 1.64 bits per heavy atom. The molecule has 0 spiro atoms. The van der Waals surface area contributed by atoms with Crippen molar-refractivity contribution in [3.05, 3.63) is 74.8 Å². The van der Waals surface area contributed by atoms with Crippen LogP contribution in [0.2, 0.25) is 0 Å². The van der Waals surface area contributed by atoms with Gasteiger partial charge in [0.2, 0.25) is 10.7 Å². The fraction of sp³-hybridized carbons (Fsp3) is 0.394. The molecule has 6 N–H and O–H groups in total. The third-order valence-corrected chi connectivity index (χ3v) is 11.0. The lowest BCUT2D eigenvalue weighted by atomic mass is 9.88. The number of aliphatic carboxylic acids is 2. The second kappa shape index (κ2) is 11.7. The second-order valence-corrected chi connectivity index (χ2v) is 14.0. The molecule has 5 heterocycles. The molecule has 0 saturated carbocycles. The van der Waals surface area contributed by atoms with Crippen molar-refractivity contribution >= 4 is 53.7 Å². The van der Waals surface area contributed by atoms with Gasteiger partial charge in [-0.25, -0.2) is 0 Å². The molecule has 5 atom stereocenters. The zero-order chi connectivity index (χ0) is 32.1. The average molecular weight is 620 g/mol. The first-order valence-electron chi connectivity index (χ1n) is 14.7. The quantitative estimate of drug-likeness (QED) is 0.134. The monoisotopic (exact) mass is 619 g/mol. The minimum absolute atomic E-state index is 0.0184. The van der Waals surface area contributed by atoms with Gasteiger partial charge in [-0.05, 0) is 98.4 Å². The molecule has 0 bridgehead atoms. The lowest BCUT2D eigenvalue weighted by Gasteiger charge is -2.35. The van der Waals surface area contributed by atoms with Gasteiger partial charge < -0.3 is 30.8 Å². The number of aromatic nitrogens is 2. The maximum Gasteiger partial charge on any atom is 0.303 e. The number of carbonyl (C=O) groups is 4. The van der Waals surface area contributed by atoms with E-state index in [0.29, 0.717) is 21.9 Å². The van der Waals surface area contributed by atoms with Crippen LogP contribution in [-0.2, 0) is 43.8 Å². The topological polar surface area (TPSA) is 164 Å². The SMILES string of the molecule is C=CC1C(=C)[C@@H](/C=c2\[nH]/c(=C\c3[nH]c(/C=C4\NC(=O)[C@@]5(C)[SH+][C@H](C)[C@@H]45)c(C)c3CCC(=O)O)c(CCC(=O)O)c2C)NC1=O. The van der Waals surface area contributed by atoms with E-state index in [1.54, 1.807) is 6.08 Å². The van der Waals surface area contributed by atoms with Crippen LogP contribution < -0.4 is 21.3 Å². The highest BCUT2D eigenvalue weighted by atomic mass is 32.2. The molecule has 3 fully saturated rings. The summed E-state index contributed by atoms with van der Waals surface area (Å²) >= 11 is 1.11. The number of fused-ring (bicyclic) bond motifs is 1. The number of carboxylic acids is 2. The minimum atomic E-state index is -0.922. The van der Waals surface area contributed by atoms with Gasteiger partial charge in [-0.3, -0.25) is 19.2 Å². The Morgan fingerprint density at radius 3 is 2.23 bits per heavy atom. The van der Waals surface area contributed by atoms with E-state index in [2.05, 4.69) is 40.7 Å². The number of carbonyl (C=O) groups excluding carboxylic acids is 2. The Labute approximate surface area is 259 Å². The molecule has 1 unspecified atom stereocenters. The van der Waals surface area contributed by atoms with Gasteiger partial charge in [-0.15, -0.1) is 6.58 Å². The summed E-state index contributed by atoms with van der Waals surface area (Å²) in [6, 6.07) is -0.416. The Hall–Kier alpha value is -4.25. The van der Waals surface area contributed by atoms with Crippen LogP contribution in [0.25, 0.3) is 18.2 Å². The number of H-pyrrole nitrogens is 2. The van der Waals surface area contributed by atoms with Crippen LogP contribution in [0.4, 0.5) is 0 Å². The highest BCUT2D eigenvalue weighted by Crippen LogP contribution is 2.48.